The number of hydrogen-bond acceptors (Lipinski definition) is 18. The van der Waals surface area contributed by atoms with Gasteiger partial charge in [-0.05, 0) is 31.0 Å². The van der Waals surface area contributed by atoms with E-state index in [1.807, 2.05) is 0 Å². The van der Waals surface area contributed by atoms with Gasteiger partial charge in [-0.15, -0.1) is 0 Å². The molecule has 18 heteroatoms. The number of phenols is 2. The van der Waals surface area contributed by atoms with E-state index >= 15 is 0 Å². The summed E-state index contributed by atoms with van der Waals surface area (Å²) in [6.07, 6.45) is -15.1. The fourth-order valence-electron chi connectivity index (χ4n) is 5.54. The third kappa shape index (κ3) is 8.86. The maximum absolute atomic E-state index is 13.1. The highest BCUT2D eigenvalue weighted by Crippen LogP contribution is 2.36. The number of aliphatic hydroxyl groups excluding tert-OH is 7. The number of methoxy groups -OCH3 is 1. The van der Waals surface area contributed by atoms with E-state index in [9.17, 15) is 55.5 Å². The predicted octanol–water partition coefficient (Wildman–Crippen LogP) is -2.81. The molecule has 1 aromatic rings. The van der Waals surface area contributed by atoms with Gasteiger partial charge in [0.1, 0.15) is 55.4 Å². The number of aromatic hydroxyl groups is 2. The molecule has 0 bridgehead atoms. The Balaban J connectivity index is 1.39. The van der Waals surface area contributed by atoms with Crippen molar-refractivity contribution in [3.63, 3.8) is 0 Å². The van der Waals surface area contributed by atoms with Crippen LogP contribution in [-0.4, -0.2) is 153 Å². The van der Waals surface area contributed by atoms with Gasteiger partial charge in [0, 0.05) is 11.5 Å². The number of ether oxygens (including phenoxy) is 7. The molecule has 274 valence electrons. The number of benzene rings is 1. The molecule has 0 unspecified atom stereocenters. The predicted molar refractivity (Wildman–Crippen MR) is 159 cm³/mol. The summed E-state index contributed by atoms with van der Waals surface area (Å²) in [5.74, 6) is -3.47. The van der Waals surface area contributed by atoms with Gasteiger partial charge in [-0.1, -0.05) is 12.1 Å². The van der Waals surface area contributed by atoms with Crippen LogP contribution in [0.4, 0.5) is 0 Å². The maximum atomic E-state index is 13.1. The van der Waals surface area contributed by atoms with Crippen molar-refractivity contribution < 1.29 is 88.7 Å². The molecule has 12 atom stereocenters. The largest absolute Gasteiger partial charge is 0.504 e. The van der Waals surface area contributed by atoms with Crippen molar-refractivity contribution in [3.8, 4) is 11.5 Å². The minimum absolute atomic E-state index is 0.0633. The normalized spacial score (nSPS) is 35.7. The molecule has 0 saturated carbocycles. The second kappa shape index (κ2) is 17.0. The Hall–Kier alpha value is -3.40. The van der Waals surface area contributed by atoms with E-state index in [-0.39, 0.29) is 35.7 Å². The van der Waals surface area contributed by atoms with E-state index in [0.717, 1.165) is 13.4 Å². The monoisotopic (exact) mass is 702 g/mol. The molecule has 9 N–H and O–H groups in total. The maximum Gasteiger partial charge on any atom is 0.337 e. The first kappa shape index (κ1) is 38.4. The molecule has 0 aromatic heterocycles. The van der Waals surface area contributed by atoms with Crippen LogP contribution in [0.3, 0.4) is 0 Å². The summed E-state index contributed by atoms with van der Waals surface area (Å²) in [4.78, 5) is 25.7. The molecule has 3 heterocycles. The number of hydrogen-bond donors (Lipinski definition) is 9. The molecule has 2 fully saturated rings. The second-order valence-corrected chi connectivity index (χ2v) is 11.6. The first-order valence-corrected chi connectivity index (χ1v) is 15.3. The third-order valence-corrected chi connectivity index (χ3v) is 8.39. The smallest absolute Gasteiger partial charge is 0.337 e. The van der Waals surface area contributed by atoms with E-state index in [1.54, 1.807) is 13.0 Å². The summed E-state index contributed by atoms with van der Waals surface area (Å²) in [5, 5.41) is 90.5. The molecule has 2 saturated heterocycles. The van der Waals surface area contributed by atoms with Gasteiger partial charge >= 0.3 is 11.9 Å². The van der Waals surface area contributed by atoms with Crippen molar-refractivity contribution >= 4 is 11.9 Å². The van der Waals surface area contributed by atoms with Gasteiger partial charge in [-0.25, -0.2) is 4.79 Å². The van der Waals surface area contributed by atoms with E-state index in [1.165, 1.54) is 18.2 Å². The molecule has 3 aliphatic heterocycles. The second-order valence-electron chi connectivity index (χ2n) is 11.6. The Kier molecular flexibility index (Phi) is 13.3. The fraction of sp³-hybridized carbons (Fsp3) is 0.613. The number of aliphatic hydroxyl groups is 7. The Morgan fingerprint density at radius 1 is 0.878 bits per heavy atom. The number of esters is 2. The summed E-state index contributed by atoms with van der Waals surface area (Å²) in [7, 11) is 1.11. The van der Waals surface area contributed by atoms with E-state index in [4.69, 9.17) is 33.2 Å². The van der Waals surface area contributed by atoms with E-state index in [0.29, 0.717) is 5.56 Å². The number of allylic oxidation sites excluding steroid dienone is 1. The first-order chi connectivity index (χ1) is 23.3. The lowest BCUT2D eigenvalue weighted by atomic mass is 9.86. The summed E-state index contributed by atoms with van der Waals surface area (Å²) in [5.41, 5.74) is 0.658. The van der Waals surface area contributed by atoms with Crippen LogP contribution in [0, 0.1) is 5.92 Å². The molecule has 0 radical (unpaired) electrons. The standard InChI is InChI=1S/C31H42O18/c1-3-14-15(16(28(42)43-2)11-46-29(14)49-31-27(41)24(38)22(36)19(10-32)47-31)9-21(35)45-12-20-23(37)25(39)26(40)30(48-20)44-7-6-13-4-5-17(33)18(34)8-13/h3-5,8,11,15,19-20,22-27,29-34,36-41H,6-7,9-10,12H2,1-2H3/t15-,19+,20+,22+,23+,24+,25-,26-,27+,29-,30+,31-/m1/s1. The van der Waals surface area contributed by atoms with Crippen molar-refractivity contribution in [1.82, 2.24) is 0 Å². The van der Waals surface area contributed by atoms with Gasteiger partial charge in [0.25, 0.3) is 0 Å². The zero-order valence-electron chi connectivity index (χ0n) is 26.5. The van der Waals surface area contributed by atoms with Crippen molar-refractivity contribution in [2.45, 2.75) is 87.5 Å². The van der Waals surface area contributed by atoms with Gasteiger partial charge in [-0.3, -0.25) is 4.79 Å². The van der Waals surface area contributed by atoms with Gasteiger partial charge in [0.2, 0.25) is 6.29 Å². The SMILES string of the molecule is CC=C1[C@@H](O[C@H]2O[C@@H](CO)[C@H](O)[C@H](O)[C@@H]2O)OC=C(C(=O)OC)[C@@H]1CC(=O)OC[C@@H]1O[C@H](OCCc2ccc(O)c(O)c2)[C@H](O)[C@H](O)[C@H]1O. The molecule has 0 spiro atoms. The van der Waals surface area contributed by atoms with Gasteiger partial charge in [-0.2, -0.15) is 0 Å². The first-order valence-electron chi connectivity index (χ1n) is 15.3. The Morgan fingerprint density at radius 3 is 2.16 bits per heavy atom. The average Bonchev–Trinajstić information content (AvgIpc) is 3.09. The highest BCUT2D eigenvalue weighted by molar-refractivity contribution is 5.90. The Bertz CT molecular complexity index is 1350. The molecule has 1 aromatic carbocycles. The topological polar surface area (TPSA) is 281 Å². The highest BCUT2D eigenvalue weighted by Gasteiger charge is 2.48. The molecule has 0 amide bonds. The zero-order chi connectivity index (χ0) is 36.0. The van der Waals surface area contributed by atoms with Crippen molar-refractivity contribution in [3.05, 3.63) is 47.2 Å². The van der Waals surface area contributed by atoms with E-state index in [2.05, 4.69) is 0 Å². The van der Waals surface area contributed by atoms with Crippen LogP contribution in [0.5, 0.6) is 11.5 Å². The molecule has 18 nitrogen and oxygen atoms in total. The number of phenolic OH excluding ortho intramolecular Hbond substituents is 2. The van der Waals surface area contributed by atoms with Gasteiger partial charge in [0.15, 0.2) is 24.1 Å². The fourth-order valence-corrected chi connectivity index (χ4v) is 5.54. The molecule has 49 heavy (non-hydrogen) atoms. The van der Waals surface area contributed by atoms with Crippen LogP contribution < -0.4 is 0 Å². The minimum atomic E-state index is -1.77. The quantitative estimate of drug-likeness (QED) is 0.0604. The zero-order valence-corrected chi connectivity index (χ0v) is 26.5. The summed E-state index contributed by atoms with van der Waals surface area (Å²) >= 11 is 0. The Morgan fingerprint density at radius 2 is 1.53 bits per heavy atom. The van der Waals surface area contributed by atoms with Crippen LogP contribution in [0.25, 0.3) is 0 Å². The third-order valence-electron chi connectivity index (χ3n) is 8.39. The van der Waals surface area contributed by atoms with Crippen LogP contribution >= 0.6 is 0 Å². The van der Waals surface area contributed by atoms with E-state index < -0.39 is 105 Å². The molecule has 4 rings (SSSR count). The lowest BCUT2D eigenvalue weighted by molar-refractivity contribution is -0.327. The molecular weight excluding hydrogens is 660 g/mol. The van der Waals surface area contributed by atoms with Gasteiger partial charge in [0.05, 0.1) is 38.6 Å². The summed E-state index contributed by atoms with van der Waals surface area (Å²) in [6, 6.07) is 4.15. The lowest BCUT2D eigenvalue weighted by Gasteiger charge is -2.42. The van der Waals surface area contributed by atoms with Crippen LogP contribution in [0.15, 0.2) is 41.7 Å². The van der Waals surface area contributed by atoms with Crippen molar-refractivity contribution in [1.29, 1.82) is 0 Å². The number of rotatable bonds is 12. The van der Waals surface area contributed by atoms with Crippen molar-refractivity contribution in [2.24, 2.45) is 5.92 Å². The lowest BCUT2D eigenvalue weighted by Crippen LogP contribution is -2.60. The van der Waals surface area contributed by atoms with Gasteiger partial charge < -0.3 is 79.1 Å². The van der Waals surface area contributed by atoms with Crippen LogP contribution in [-0.2, 0) is 49.2 Å². The number of carbonyl (C=O) groups excluding carboxylic acids is 2. The summed E-state index contributed by atoms with van der Waals surface area (Å²) in [6.45, 7) is 0.170. The summed E-state index contributed by atoms with van der Waals surface area (Å²) < 4.78 is 37.9. The molecule has 0 aliphatic carbocycles. The molecule has 3 aliphatic rings. The van der Waals surface area contributed by atoms with Crippen molar-refractivity contribution in [2.75, 3.05) is 26.9 Å². The minimum Gasteiger partial charge on any atom is -0.504 e. The Labute approximate surface area is 279 Å². The highest BCUT2D eigenvalue weighted by atomic mass is 16.8. The van der Waals surface area contributed by atoms with Crippen LogP contribution in [0.2, 0.25) is 0 Å². The number of carbonyl (C=O) groups is 2. The van der Waals surface area contributed by atoms with Crippen LogP contribution in [0.1, 0.15) is 18.9 Å². The average molecular weight is 703 g/mol. The molecular formula is C31H42O18.